The maximum atomic E-state index is 13.0. The predicted molar refractivity (Wildman–Crippen MR) is 107 cm³/mol. The molecule has 3 aromatic rings. The third-order valence-electron chi connectivity index (χ3n) is 4.78. The van der Waals surface area contributed by atoms with E-state index in [1.165, 1.54) is 12.1 Å². The molecular formula is C22H23FN2O3. The molecule has 0 aliphatic carbocycles. The van der Waals surface area contributed by atoms with E-state index in [1.807, 2.05) is 25.1 Å². The second-order valence-electron chi connectivity index (χ2n) is 6.83. The van der Waals surface area contributed by atoms with E-state index in [-0.39, 0.29) is 23.2 Å². The minimum Gasteiger partial charge on any atom is -0.497 e. The molecular weight excluding hydrogens is 359 g/mol. The number of carbonyl (C=O) groups excluding carboxylic acids is 1. The molecule has 146 valence electrons. The molecule has 5 nitrogen and oxygen atoms in total. The van der Waals surface area contributed by atoms with Crippen LogP contribution in [0.5, 0.6) is 5.75 Å². The molecule has 1 aromatic heterocycles. The van der Waals surface area contributed by atoms with Crippen LogP contribution in [0.3, 0.4) is 0 Å². The summed E-state index contributed by atoms with van der Waals surface area (Å²) in [5, 5.41) is 3.76. The van der Waals surface area contributed by atoms with Gasteiger partial charge in [-0.25, -0.2) is 4.39 Å². The van der Waals surface area contributed by atoms with Gasteiger partial charge in [0.1, 0.15) is 11.6 Å². The molecule has 28 heavy (non-hydrogen) atoms. The smallest absolute Gasteiger partial charge is 0.251 e. The van der Waals surface area contributed by atoms with Gasteiger partial charge in [-0.2, -0.15) is 0 Å². The molecule has 1 unspecified atom stereocenters. The van der Waals surface area contributed by atoms with E-state index >= 15 is 0 Å². The second kappa shape index (κ2) is 8.69. The van der Waals surface area contributed by atoms with Crippen LogP contribution in [0, 0.1) is 5.82 Å². The number of aromatic amines is 1. The van der Waals surface area contributed by atoms with Gasteiger partial charge in [0.25, 0.3) is 5.56 Å². The van der Waals surface area contributed by atoms with Gasteiger partial charge in [0.2, 0.25) is 5.91 Å². The first-order valence-electron chi connectivity index (χ1n) is 9.18. The Bertz CT molecular complexity index is 1030. The van der Waals surface area contributed by atoms with Crippen molar-refractivity contribution in [1.82, 2.24) is 10.3 Å². The van der Waals surface area contributed by atoms with Crippen molar-refractivity contribution >= 4 is 16.8 Å². The lowest BCUT2D eigenvalue weighted by molar-refractivity contribution is -0.121. The summed E-state index contributed by atoms with van der Waals surface area (Å²) in [6.45, 7) is 2.30. The summed E-state index contributed by atoms with van der Waals surface area (Å²) in [5.41, 5.74) is 2.07. The quantitative estimate of drug-likeness (QED) is 0.657. The molecule has 0 fully saturated rings. The summed E-state index contributed by atoms with van der Waals surface area (Å²) in [6.07, 6.45) is 0.744. The minimum atomic E-state index is -0.292. The normalized spacial score (nSPS) is 12.0. The lowest BCUT2D eigenvalue weighted by Gasteiger charge is -2.12. The number of carbonyl (C=O) groups is 1. The van der Waals surface area contributed by atoms with Gasteiger partial charge in [-0.1, -0.05) is 19.1 Å². The van der Waals surface area contributed by atoms with Crippen LogP contribution in [-0.2, 0) is 11.2 Å². The van der Waals surface area contributed by atoms with E-state index in [2.05, 4.69) is 10.3 Å². The molecule has 0 radical (unpaired) electrons. The average molecular weight is 382 g/mol. The third-order valence-corrected chi connectivity index (χ3v) is 4.78. The van der Waals surface area contributed by atoms with Gasteiger partial charge in [-0.05, 0) is 53.6 Å². The number of pyridine rings is 1. The monoisotopic (exact) mass is 382 g/mol. The lowest BCUT2D eigenvalue weighted by atomic mass is 9.97. The van der Waals surface area contributed by atoms with Crippen molar-refractivity contribution in [2.24, 2.45) is 0 Å². The molecule has 6 heteroatoms. The lowest BCUT2D eigenvalue weighted by Crippen LogP contribution is -2.28. The number of H-pyrrole nitrogens is 1. The fraction of sp³-hybridized carbons (Fsp3) is 0.273. The molecule has 0 aliphatic heterocycles. The molecule has 3 rings (SSSR count). The number of hydrogen-bond donors (Lipinski definition) is 2. The van der Waals surface area contributed by atoms with Gasteiger partial charge in [-0.15, -0.1) is 0 Å². The van der Waals surface area contributed by atoms with E-state index in [9.17, 15) is 14.0 Å². The molecule has 2 aromatic carbocycles. The molecule has 0 saturated carbocycles. The van der Waals surface area contributed by atoms with Gasteiger partial charge in [0.05, 0.1) is 12.6 Å². The maximum Gasteiger partial charge on any atom is 0.251 e. The molecule has 0 aliphatic rings. The van der Waals surface area contributed by atoms with E-state index < -0.39 is 0 Å². The number of benzene rings is 2. The third kappa shape index (κ3) is 4.76. The molecule has 0 saturated heterocycles. The highest BCUT2D eigenvalue weighted by Crippen LogP contribution is 2.20. The molecule has 1 heterocycles. The first-order valence-corrected chi connectivity index (χ1v) is 9.18. The van der Waals surface area contributed by atoms with Crippen LogP contribution in [-0.4, -0.2) is 24.5 Å². The second-order valence-corrected chi connectivity index (χ2v) is 6.83. The van der Waals surface area contributed by atoms with E-state index in [0.29, 0.717) is 36.2 Å². The first-order chi connectivity index (χ1) is 13.5. The molecule has 2 N–H and O–H groups in total. The van der Waals surface area contributed by atoms with Crippen molar-refractivity contribution in [3.63, 3.8) is 0 Å². The Balaban J connectivity index is 1.56. The predicted octanol–water partition coefficient (Wildman–Crippen LogP) is 3.53. The Morgan fingerprint density at radius 1 is 1.18 bits per heavy atom. The van der Waals surface area contributed by atoms with Crippen molar-refractivity contribution in [2.45, 2.75) is 25.7 Å². The number of methoxy groups -OCH3 is 1. The van der Waals surface area contributed by atoms with Crippen LogP contribution in [0.15, 0.2) is 53.3 Å². The number of aromatic nitrogens is 1. The summed E-state index contributed by atoms with van der Waals surface area (Å²) < 4.78 is 18.2. The largest absolute Gasteiger partial charge is 0.497 e. The number of rotatable bonds is 7. The van der Waals surface area contributed by atoms with E-state index in [1.54, 1.807) is 25.3 Å². The van der Waals surface area contributed by atoms with Gasteiger partial charge in [-0.3, -0.25) is 9.59 Å². The first kappa shape index (κ1) is 19.6. The standard InChI is InChI=1S/C22H23FN2O3/c1-14(15-3-6-18(23)7-4-15)11-21(26)24-10-9-17-12-16-5-8-19(28-2)13-20(16)25-22(17)27/h3-8,12-14H,9-11H2,1-2H3,(H,24,26)(H,25,27). The minimum absolute atomic E-state index is 0.0142. The SMILES string of the molecule is COc1ccc2cc(CCNC(=O)CC(C)c3ccc(F)cc3)c(=O)[nH]c2c1. The summed E-state index contributed by atoms with van der Waals surface area (Å²) in [5.74, 6) is 0.274. The van der Waals surface area contributed by atoms with Crippen LogP contribution in [0.2, 0.25) is 0 Å². The van der Waals surface area contributed by atoms with Crippen molar-refractivity contribution < 1.29 is 13.9 Å². The van der Waals surface area contributed by atoms with Crippen LogP contribution < -0.4 is 15.6 Å². The summed E-state index contributed by atoms with van der Waals surface area (Å²) >= 11 is 0. The zero-order valence-electron chi connectivity index (χ0n) is 15.9. The van der Waals surface area contributed by atoms with Gasteiger partial charge >= 0.3 is 0 Å². The van der Waals surface area contributed by atoms with Crippen LogP contribution in [0.25, 0.3) is 10.9 Å². The number of nitrogens with one attached hydrogen (secondary N) is 2. The molecule has 0 spiro atoms. The van der Waals surface area contributed by atoms with Gasteiger partial charge < -0.3 is 15.0 Å². The van der Waals surface area contributed by atoms with Crippen LogP contribution in [0.4, 0.5) is 4.39 Å². The molecule has 0 bridgehead atoms. The highest BCUT2D eigenvalue weighted by atomic mass is 19.1. The van der Waals surface area contributed by atoms with Crippen molar-refractivity contribution in [2.75, 3.05) is 13.7 Å². The van der Waals surface area contributed by atoms with Crippen LogP contribution in [0.1, 0.15) is 30.4 Å². The highest BCUT2D eigenvalue weighted by Gasteiger charge is 2.12. The zero-order valence-corrected chi connectivity index (χ0v) is 15.9. The number of amides is 1. The zero-order chi connectivity index (χ0) is 20.1. The Hall–Kier alpha value is -3.15. The number of halogens is 1. The topological polar surface area (TPSA) is 71.2 Å². The summed E-state index contributed by atoms with van der Waals surface area (Å²) in [4.78, 5) is 27.3. The van der Waals surface area contributed by atoms with Crippen LogP contribution >= 0.6 is 0 Å². The average Bonchev–Trinajstić information content (AvgIpc) is 2.68. The number of fused-ring (bicyclic) bond motifs is 1. The van der Waals surface area contributed by atoms with Crippen molar-refractivity contribution in [3.05, 3.63) is 75.8 Å². The van der Waals surface area contributed by atoms with Crippen molar-refractivity contribution in [1.29, 1.82) is 0 Å². The van der Waals surface area contributed by atoms with Crippen molar-refractivity contribution in [3.8, 4) is 5.75 Å². The summed E-state index contributed by atoms with van der Waals surface area (Å²) in [7, 11) is 1.58. The fourth-order valence-electron chi connectivity index (χ4n) is 3.13. The Labute approximate surface area is 162 Å². The Morgan fingerprint density at radius 3 is 2.64 bits per heavy atom. The molecule has 1 atom stereocenters. The Morgan fingerprint density at radius 2 is 1.93 bits per heavy atom. The summed E-state index contributed by atoms with van der Waals surface area (Å²) in [6, 6.07) is 13.5. The molecule has 1 amide bonds. The number of ether oxygens (including phenoxy) is 1. The van der Waals surface area contributed by atoms with E-state index in [0.717, 1.165) is 10.9 Å². The maximum absolute atomic E-state index is 13.0. The highest BCUT2D eigenvalue weighted by molar-refractivity contribution is 5.80. The Kier molecular flexibility index (Phi) is 6.09. The number of hydrogen-bond acceptors (Lipinski definition) is 3. The fourth-order valence-corrected chi connectivity index (χ4v) is 3.13. The van der Waals surface area contributed by atoms with Gasteiger partial charge in [0, 0.05) is 24.6 Å². The van der Waals surface area contributed by atoms with Gasteiger partial charge in [0.15, 0.2) is 0 Å². The van der Waals surface area contributed by atoms with E-state index in [4.69, 9.17) is 4.74 Å².